The molecule has 5 fully saturated rings. The lowest BCUT2D eigenvalue weighted by atomic mass is 10.1. The number of hydrogen-bond donors (Lipinski definition) is 7. The molecule has 146 heavy (non-hydrogen) atoms. The van der Waals surface area contributed by atoms with Crippen LogP contribution in [0.2, 0.25) is 0 Å². The van der Waals surface area contributed by atoms with Gasteiger partial charge in [0.25, 0.3) is 13.6 Å². The lowest BCUT2D eigenvalue weighted by molar-refractivity contribution is -0.147. The van der Waals surface area contributed by atoms with Crippen molar-refractivity contribution < 1.29 is 139 Å². The first-order valence-corrected chi connectivity index (χ1v) is 50.2. The van der Waals surface area contributed by atoms with Crippen LogP contribution >= 0.6 is 11.8 Å². The molecule has 0 aliphatic heterocycles. The summed E-state index contributed by atoms with van der Waals surface area (Å²) in [5.74, 6) is 1.95. The number of phenolic OH excluding ortho intramolecular Hbond substituents is 2. The molecule has 40 nitrogen and oxygen atoms in total. The zero-order valence-corrected chi connectivity index (χ0v) is 87.0. The third-order valence-electron chi connectivity index (χ3n) is 20.9. The molecule has 5 aliphatic rings. The summed E-state index contributed by atoms with van der Waals surface area (Å²) in [5, 5.41) is 47.0. The number of nitrogens with one attached hydrogen (secondary N) is 5. The van der Waals surface area contributed by atoms with Gasteiger partial charge in [-0.05, 0) is 322 Å². The molecule has 0 radical (unpaired) electrons. The van der Waals surface area contributed by atoms with Gasteiger partial charge in [0.2, 0.25) is 0 Å². The van der Waals surface area contributed by atoms with E-state index < -0.39 is 124 Å². The minimum atomic E-state index is -0.894. The van der Waals surface area contributed by atoms with Gasteiger partial charge in [-0.3, -0.25) is 0 Å². The quantitative estimate of drug-likeness (QED) is 0.0106. The zero-order chi connectivity index (χ0) is 106. The van der Waals surface area contributed by atoms with Crippen molar-refractivity contribution in [3.05, 3.63) is 185 Å². The molecular weight excluding hydrogens is 1910 g/mol. The minimum Gasteiger partial charge on any atom is -0.508 e. The van der Waals surface area contributed by atoms with E-state index in [0.29, 0.717) is 86.5 Å². The van der Waals surface area contributed by atoms with E-state index >= 15 is 0 Å². The number of phenols is 2. The number of benzene rings is 6. The second-order valence-corrected chi connectivity index (χ2v) is 41.5. The first-order chi connectivity index (χ1) is 69.1. The molecule has 5 saturated carbocycles. The van der Waals surface area contributed by atoms with Crippen molar-refractivity contribution in [1.82, 2.24) is 56.9 Å². The second kappa shape index (κ2) is 55.9. The maximum absolute atomic E-state index is 12.6. The van der Waals surface area contributed by atoms with Crippen molar-refractivity contribution in [2.24, 2.45) is 29.6 Å². The highest BCUT2D eigenvalue weighted by atomic mass is 32.2. The lowest BCUT2D eigenvalue weighted by Gasteiger charge is -2.23. The standard InChI is InChI=1S/C25H30N4O6.C24H32N4O8.C20H29NO5S.2C18H25NO5/c1-25(2,3)35-24(31)26-21(23(30)32-15-18-8-9-18)14-17-10-12-19(13-11-17)33-16-34-29-22-7-5-4-6-20(22)27-28-29;1-5-32-22(30)20-13-28(27-26-20)35-15-34-18-10-8-16(9-11-18)12-19(21(29)33-14-17-6-7-17)25-23(31)36-24(2,3)4;1-20(2,3)26-19(23)21-17(18(22)24-12-15-5-6-15)11-14-7-9-16(10-8-14)25-13-27-4;2*1-18(2,3)24-17(22)19-15(16(21)23-11-13-4-5-13)10-12-6-8-14(20)9-7-12/h4-7,10-13,18,21H,8-9,14-16H2,1-3H3,(H,26,31);8-11,13,17,19H,5-7,12,14-15H2,1-4H3,(H,25,31);7-10,15,17H,5-6,11-13H2,1-4H3,(H,21,23);2*6-9,13,15,20H,4-5,10-11H2,1-3H3,(H,19,22)/t21-;19-;17-;2*15-/m11111/s1. The third kappa shape index (κ3) is 47.7. The Morgan fingerprint density at radius 2 is 0.630 bits per heavy atom. The van der Waals surface area contributed by atoms with Gasteiger partial charge in [-0.2, -0.15) is 0 Å². The summed E-state index contributed by atoms with van der Waals surface area (Å²) >= 11 is 1.59. The van der Waals surface area contributed by atoms with E-state index in [1.165, 1.54) is 35.3 Å². The number of aromatic hydroxyl groups is 2. The predicted molar refractivity (Wildman–Crippen MR) is 535 cm³/mol. The topological polar surface area (TPSA) is 497 Å². The van der Waals surface area contributed by atoms with Gasteiger partial charge < -0.3 is 113 Å². The number of thioether (sulfide) groups is 1. The molecule has 8 aromatic rings. The van der Waals surface area contributed by atoms with Crippen LogP contribution in [0.3, 0.4) is 0 Å². The molecule has 0 spiro atoms. The third-order valence-corrected chi connectivity index (χ3v) is 21.3. The van der Waals surface area contributed by atoms with E-state index in [2.05, 4.69) is 47.2 Å². The number of esters is 6. The number of fused-ring (bicyclic) bond motifs is 1. The molecule has 0 bridgehead atoms. The number of carbonyl (C=O) groups is 11. The first kappa shape index (κ1) is 116. The van der Waals surface area contributed by atoms with E-state index in [1.54, 1.807) is 183 Å². The van der Waals surface area contributed by atoms with E-state index in [0.717, 1.165) is 114 Å². The van der Waals surface area contributed by atoms with E-state index in [4.69, 9.17) is 76.0 Å². The fourth-order valence-electron chi connectivity index (χ4n) is 12.7. The first-order valence-electron chi connectivity index (χ1n) is 48.8. The molecule has 0 saturated heterocycles. The minimum absolute atomic E-state index is 0.0198. The summed E-state index contributed by atoms with van der Waals surface area (Å²) in [6.07, 6.45) is 12.0. The molecule has 41 heteroatoms. The van der Waals surface area contributed by atoms with Gasteiger partial charge in [0.15, 0.2) is 5.69 Å². The van der Waals surface area contributed by atoms with Gasteiger partial charge in [0.05, 0.1) is 39.6 Å². The fraction of sp³-hybridized carbons (Fsp3) is 0.533. The Balaban J connectivity index is 0.000000205. The number of aromatic nitrogens is 6. The number of carbonyl (C=O) groups excluding carboxylic acids is 11. The maximum atomic E-state index is 12.6. The SMILES string of the molecule is CC(C)(C)OC(=O)N[C@H](Cc1ccc(O)cc1)C(=O)OCC1CC1.CC(C)(C)OC(=O)N[C@H](Cc1ccc(O)cc1)C(=O)OCC1CC1.CC(C)(C)OC(=O)N[C@H](Cc1ccc(OCOn2nnc3ccccc32)cc1)C(=O)OCC1CC1.CCOC(=O)c1cn(OCOc2ccc(C[C@@H](NC(=O)OC(C)(C)C)C(=O)OCC3CC3)cc2)nn1.CSCOc1ccc(C[C@@H](NC(=O)OC(C)(C)C)C(=O)OCC2CC2)cc1. The van der Waals surface area contributed by atoms with Crippen molar-refractivity contribution in [3.8, 4) is 28.7 Å². The Morgan fingerprint density at radius 1 is 0.356 bits per heavy atom. The number of nitrogens with zero attached hydrogens (tertiary/aromatic N) is 6. The summed E-state index contributed by atoms with van der Waals surface area (Å²) < 4.78 is 74.6. The number of amides is 5. The summed E-state index contributed by atoms with van der Waals surface area (Å²) in [6, 6.07) is 37.7. The highest BCUT2D eigenvalue weighted by molar-refractivity contribution is 7.98. The van der Waals surface area contributed by atoms with Crippen LogP contribution in [0.1, 0.15) is 213 Å². The lowest BCUT2D eigenvalue weighted by Crippen LogP contribution is -2.45. The van der Waals surface area contributed by atoms with Crippen LogP contribution in [-0.2, 0) is 108 Å². The van der Waals surface area contributed by atoms with Gasteiger partial charge >= 0.3 is 66.3 Å². The van der Waals surface area contributed by atoms with Crippen molar-refractivity contribution >= 4 is 89.1 Å². The largest absolute Gasteiger partial charge is 0.508 e. The Labute approximate surface area is 854 Å². The molecule has 2 heterocycles. The average molecular weight is 2050 g/mol. The van der Waals surface area contributed by atoms with Crippen LogP contribution in [0.4, 0.5) is 24.0 Å². The van der Waals surface area contributed by atoms with Crippen molar-refractivity contribution in [3.63, 3.8) is 0 Å². The molecule has 0 unspecified atom stereocenters. The zero-order valence-electron chi connectivity index (χ0n) is 86.2. The number of hydrogen-bond acceptors (Lipinski definition) is 34. The Morgan fingerprint density at radius 3 is 0.904 bits per heavy atom. The number of rotatable bonds is 43. The van der Waals surface area contributed by atoms with Crippen LogP contribution in [-0.4, -0.2) is 230 Å². The van der Waals surface area contributed by atoms with Crippen LogP contribution in [0, 0.1) is 29.6 Å². The van der Waals surface area contributed by atoms with Gasteiger partial charge in [-0.25, -0.2) is 52.7 Å². The Hall–Kier alpha value is -14.0. The summed E-state index contributed by atoms with van der Waals surface area (Å²) in [5.41, 5.74) is 2.29. The molecular formula is C105H141N11O29S. The Kier molecular flexibility index (Phi) is 44.2. The highest BCUT2D eigenvalue weighted by Crippen LogP contribution is 2.34. The molecule has 5 atom stereocenters. The van der Waals surface area contributed by atoms with Gasteiger partial charge in [0, 0.05) is 32.1 Å². The average Bonchev–Trinajstić information content (AvgIpc) is 1.69. The molecule has 7 N–H and O–H groups in total. The van der Waals surface area contributed by atoms with Crippen molar-refractivity contribution in [2.75, 3.05) is 65.4 Å². The van der Waals surface area contributed by atoms with Gasteiger partial charge in [-0.1, -0.05) is 82.5 Å². The van der Waals surface area contributed by atoms with Crippen LogP contribution in [0.15, 0.2) is 152 Å². The smallest absolute Gasteiger partial charge is 0.408 e. The van der Waals surface area contributed by atoms with E-state index in [-0.39, 0.29) is 63.1 Å². The Bertz CT molecular complexity index is 5370. The summed E-state index contributed by atoms with van der Waals surface area (Å²) in [6.45, 7) is 30.0. The molecule has 5 amide bonds. The highest BCUT2D eigenvalue weighted by Gasteiger charge is 2.36. The maximum Gasteiger partial charge on any atom is 0.408 e. The van der Waals surface area contributed by atoms with E-state index in [1.807, 2.05) is 66.9 Å². The second-order valence-electron chi connectivity index (χ2n) is 40.7. The molecule has 2 aromatic heterocycles. The van der Waals surface area contributed by atoms with Crippen LogP contribution < -0.4 is 50.5 Å². The van der Waals surface area contributed by atoms with Crippen LogP contribution in [0.5, 0.6) is 28.7 Å². The van der Waals surface area contributed by atoms with Gasteiger partial charge in [0.1, 0.15) is 110 Å². The predicted octanol–water partition coefficient (Wildman–Crippen LogP) is 14.9. The number of alkyl carbamates (subject to hydrolysis) is 5. The molecule has 796 valence electrons. The van der Waals surface area contributed by atoms with Crippen molar-refractivity contribution in [2.45, 2.75) is 265 Å². The molecule has 6 aromatic carbocycles. The van der Waals surface area contributed by atoms with Crippen molar-refractivity contribution in [1.29, 1.82) is 0 Å². The monoisotopic (exact) mass is 2050 g/mol. The van der Waals surface area contributed by atoms with E-state index in [9.17, 15) is 63.0 Å². The van der Waals surface area contributed by atoms with Crippen LogP contribution in [0.25, 0.3) is 11.0 Å². The van der Waals surface area contributed by atoms with Gasteiger partial charge in [-0.15, -0.1) is 22.0 Å². The molecule has 13 rings (SSSR count). The fourth-order valence-corrected chi connectivity index (χ4v) is 13.0. The number of para-hydroxylation sites is 1. The molecule has 5 aliphatic carbocycles. The summed E-state index contributed by atoms with van der Waals surface area (Å²) in [4.78, 5) is 148. The number of ether oxygens (including phenoxy) is 14. The normalized spacial score (nSPS) is 14.7. The summed E-state index contributed by atoms with van der Waals surface area (Å²) in [7, 11) is 0.